The molecule has 3 aromatic rings. The summed E-state index contributed by atoms with van der Waals surface area (Å²) < 4.78 is 27.5. The van der Waals surface area contributed by atoms with Gasteiger partial charge < -0.3 is 5.32 Å². The summed E-state index contributed by atoms with van der Waals surface area (Å²) in [6.07, 6.45) is 3.48. The van der Waals surface area contributed by atoms with Gasteiger partial charge in [-0.25, -0.2) is 8.42 Å². The van der Waals surface area contributed by atoms with Crippen LogP contribution < -0.4 is 5.32 Å². The molecule has 27 heavy (non-hydrogen) atoms. The van der Waals surface area contributed by atoms with Gasteiger partial charge in [0.2, 0.25) is 0 Å². The molecule has 8 nitrogen and oxygen atoms in total. The van der Waals surface area contributed by atoms with E-state index in [9.17, 15) is 8.42 Å². The summed E-state index contributed by atoms with van der Waals surface area (Å²) in [4.78, 5) is 0. The third kappa shape index (κ3) is 3.61. The van der Waals surface area contributed by atoms with Crippen LogP contribution in [0.4, 0.5) is 0 Å². The Morgan fingerprint density at radius 3 is 2.89 bits per heavy atom. The van der Waals surface area contributed by atoms with Crippen LogP contribution in [0.1, 0.15) is 35.2 Å². The van der Waals surface area contributed by atoms with Gasteiger partial charge >= 0.3 is 0 Å². The van der Waals surface area contributed by atoms with Crippen LogP contribution in [0.15, 0.2) is 24.4 Å². The summed E-state index contributed by atoms with van der Waals surface area (Å²) in [7, 11) is -2.91. The Labute approximate surface area is 158 Å². The van der Waals surface area contributed by atoms with Gasteiger partial charge in [0.15, 0.2) is 15.5 Å². The van der Waals surface area contributed by atoms with E-state index in [4.69, 9.17) is 0 Å². The van der Waals surface area contributed by atoms with Crippen LogP contribution in [0.2, 0.25) is 0 Å². The average molecular weight is 390 g/mol. The Morgan fingerprint density at radius 1 is 1.26 bits per heavy atom. The maximum Gasteiger partial charge on any atom is 0.160 e. The molecule has 1 fully saturated rings. The van der Waals surface area contributed by atoms with Crippen molar-refractivity contribution in [1.82, 2.24) is 24.4 Å². The Bertz CT molecular complexity index is 1070. The van der Waals surface area contributed by atoms with E-state index in [0.29, 0.717) is 6.42 Å². The molecule has 9 heteroatoms. The molecule has 0 saturated carbocycles. The number of aryl methyl sites for hydroxylation is 1. The van der Waals surface area contributed by atoms with Crippen molar-refractivity contribution in [1.29, 1.82) is 0 Å². The highest BCUT2D eigenvalue weighted by molar-refractivity contribution is 7.91. The Balaban J connectivity index is 1.39. The molecule has 1 saturated heterocycles. The van der Waals surface area contributed by atoms with Gasteiger partial charge in [-0.05, 0) is 32.4 Å². The van der Waals surface area contributed by atoms with Crippen molar-refractivity contribution in [2.24, 2.45) is 0 Å². The van der Waals surface area contributed by atoms with E-state index >= 15 is 0 Å². The molecular weight excluding hydrogens is 364 g/mol. The van der Waals surface area contributed by atoms with E-state index in [1.54, 1.807) is 0 Å². The third-order valence-corrected chi connectivity index (χ3v) is 7.08. The van der Waals surface area contributed by atoms with Crippen LogP contribution in [0.5, 0.6) is 0 Å². The van der Waals surface area contributed by atoms with Crippen molar-refractivity contribution >= 4 is 15.5 Å². The average Bonchev–Trinajstić information content (AvgIpc) is 3.29. The zero-order valence-corrected chi connectivity index (χ0v) is 16.5. The molecule has 0 unspecified atom stereocenters. The summed E-state index contributed by atoms with van der Waals surface area (Å²) in [6.45, 7) is 5.77. The van der Waals surface area contributed by atoms with Gasteiger partial charge in [0.1, 0.15) is 12.4 Å². The first-order valence-electron chi connectivity index (χ1n) is 9.30. The van der Waals surface area contributed by atoms with Gasteiger partial charge in [0, 0.05) is 17.5 Å². The van der Waals surface area contributed by atoms with Gasteiger partial charge in [0.05, 0.1) is 36.2 Å². The molecule has 4 heterocycles. The number of fused-ring (bicyclic) bond motifs is 1. The van der Waals surface area contributed by atoms with Gasteiger partial charge in [0.25, 0.3) is 0 Å². The molecular formula is C18H25N6O2S+. The highest BCUT2D eigenvalue weighted by Crippen LogP contribution is 2.26. The fraction of sp³-hybridized carbons (Fsp3) is 0.500. The van der Waals surface area contributed by atoms with Crippen molar-refractivity contribution in [2.45, 2.75) is 39.3 Å². The quantitative estimate of drug-likeness (QED) is 0.608. The fourth-order valence-corrected chi connectivity index (χ4v) is 5.55. The van der Waals surface area contributed by atoms with Crippen molar-refractivity contribution in [2.75, 3.05) is 18.1 Å². The normalized spacial score (nSPS) is 19.1. The molecule has 0 amide bonds. The summed E-state index contributed by atoms with van der Waals surface area (Å²) in [6, 6.07) is 5.86. The molecule has 144 valence electrons. The summed E-state index contributed by atoms with van der Waals surface area (Å²) in [5, 5.41) is 15.3. The molecule has 2 N–H and O–H groups in total. The lowest BCUT2D eigenvalue weighted by atomic mass is 10.2. The van der Waals surface area contributed by atoms with Gasteiger partial charge in [-0.15, -0.1) is 10.2 Å². The van der Waals surface area contributed by atoms with Crippen LogP contribution in [-0.2, 0) is 22.8 Å². The zero-order valence-electron chi connectivity index (χ0n) is 15.7. The molecule has 0 spiro atoms. The monoisotopic (exact) mass is 389 g/mol. The van der Waals surface area contributed by atoms with Crippen molar-refractivity contribution in [3.05, 3.63) is 47.2 Å². The fourth-order valence-electron chi connectivity index (χ4n) is 3.86. The summed E-state index contributed by atoms with van der Waals surface area (Å²) in [5.41, 5.74) is 4.14. The molecule has 0 radical (unpaired) electrons. The van der Waals surface area contributed by atoms with E-state index < -0.39 is 9.84 Å². The predicted molar refractivity (Wildman–Crippen MR) is 101 cm³/mol. The second-order valence-electron chi connectivity index (χ2n) is 7.23. The molecule has 1 atom stereocenters. The van der Waals surface area contributed by atoms with Crippen LogP contribution in [0, 0.1) is 13.8 Å². The van der Waals surface area contributed by atoms with Crippen molar-refractivity contribution < 1.29 is 13.7 Å². The first-order chi connectivity index (χ1) is 12.9. The number of rotatable bonds is 6. The van der Waals surface area contributed by atoms with E-state index in [0.717, 1.165) is 42.4 Å². The number of pyridine rings is 1. The minimum Gasteiger partial charge on any atom is -0.342 e. The molecule has 0 aromatic carbocycles. The maximum atomic E-state index is 11.8. The van der Waals surface area contributed by atoms with Crippen LogP contribution in [0.3, 0.4) is 0 Å². The first-order valence-corrected chi connectivity index (χ1v) is 11.1. The Kier molecular flexibility index (Phi) is 4.73. The summed E-state index contributed by atoms with van der Waals surface area (Å²) >= 11 is 0. The second kappa shape index (κ2) is 7.05. The number of hydrogen-bond donors (Lipinski definition) is 1. The minimum absolute atomic E-state index is 0.0233. The smallest absolute Gasteiger partial charge is 0.160 e. The number of aromatic nitrogens is 5. The molecule has 1 aliphatic rings. The molecule has 1 aliphatic heterocycles. The van der Waals surface area contributed by atoms with E-state index in [-0.39, 0.29) is 17.5 Å². The predicted octanol–water partition coefficient (Wildman–Crippen LogP) is 0.208. The molecule has 4 rings (SSSR count). The number of hydrogen-bond acceptors (Lipinski definition) is 5. The SMILES string of the molecule is Cc1nn([C@@H]2CCS(=O)(=O)C2)c(C)c1C[NH2+]CCc1nnc2ccccn12. The van der Waals surface area contributed by atoms with Crippen molar-refractivity contribution in [3.63, 3.8) is 0 Å². The van der Waals surface area contributed by atoms with E-state index in [1.807, 2.05) is 47.3 Å². The van der Waals surface area contributed by atoms with Gasteiger partial charge in [-0.3, -0.25) is 9.08 Å². The number of nitrogens with two attached hydrogens (primary N) is 1. The number of quaternary nitrogens is 1. The standard InChI is InChI=1S/C18H24N6O2S/c1-13-16(14(2)24(22-13)15-7-10-27(25,26)12-15)11-19-8-6-18-21-20-17-5-3-4-9-23(17)18/h3-5,9,15,19H,6-8,10-12H2,1-2H3/p+1/t15-/m1/s1. The maximum absolute atomic E-state index is 11.8. The van der Waals surface area contributed by atoms with Gasteiger partial charge in [-0.2, -0.15) is 5.10 Å². The van der Waals surface area contributed by atoms with Crippen LogP contribution >= 0.6 is 0 Å². The van der Waals surface area contributed by atoms with E-state index in [2.05, 4.69) is 20.6 Å². The second-order valence-corrected chi connectivity index (χ2v) is 9.46. The number of sulfone groups is 1. The zero-order chi connectivity index (χ0) is 19.0. The lowest BCUT2D eigenvalue weighted by Gasteiger charge is -2.11. The summed E-state index contributed by atoms with van der Waals surface area (Å²) in [5.74, 6) is 1.43. The Hall–Kier alpha value is -2.26. The van der Waals surface area contributed by atoms with Crippen LogP contribution in [0.25, 0.3) is 5.65 Å². The highest BCUT2D eigenvalue weighted by Gasteiger charge is 2.31. The minimum atomic E-state index is -2.91. The highest BCUT2D eigenvalue weighted by atomic mass is 32.2. The molecule has 0 bridgehead atoms. The lowest BCUT2D eigenvalue weighted by molar-refractivity contribution is -0.670. The van der Waals surface area contributed by atoms with E-state index in [1.165, 1.54) is 5.56 Å². The first kappa shape index (κ1) is 18.1. The molecule has 3 aromatic heterocycles. The van der Waals surface area contributed by atoms with Gasteiger partial charge in [-0.1, -0.05) is 6.07 Å². The Morgan fingerprint density at radius 2 is 2.11 bits per heavy atom. The topological polar surface area (TPSA) is 98.8 Å². The van der Waals surface area contributed by atoms with Crippen LogP contribution in [-0.4, -0.2) is 50.8 Å². The largest absolute Gasteiger partial charge is 0.342 e. The lowest BCUT2D eigenvalue weighted by Crippen LogP contribution is -2.83. The number of nitrogens with zero attached hydrogens (tertiary/aromatic N) is 5. The molecule has 0 aliphatic carbocycles. The van der Waals surface area contributed by atoms with Crippen molar-refractivity contribution in [3.8, 4) is 0 Å². The third-order valence-electron chi connectivity index (χ3n) is 5.33.